The van der Waals surface area contributed by atoms with Crippen molar-refractivity contribution >= 4 is 57.3 Å². The number of thiazole rings is 1. The van der Waals surface area contributed by atoms with E-state index in [0.29, 0.717) is 32.9 Å². The second-order valence-corrected chi connectivity index (χ2v) is 11.5. The molecule has 0 spiro atoms. The van der Waals surface area contributed by atoms with Gasteiger partial charge in [0.2, 0.25) is 5.91 Å². The van der Waals surface area contributed by atoms with Crippen LogP contribution in [0.4, 0.5) is 10.8 Å². The smallest absolute Gasteiger partial charge is 0.255 e. The van der Waals surface area contributed by atoms with E-state index in [0.717, 1.165) is 21.7 Å². The van der Waals surface area contributed by atoms with E-state index < -0.39 is 5.25 Å². The first-order valence-corrected chi connectivity index (χ1v) is 14.9. The van der Waals surface area contributed by atoms with Crippen LogP contribution < -0.4 is 20.1 Å². The fraction of sp³-hybridized carbons (Fsp3) is 0.0938. The molecule has 0 aliphatic heterocycles. The molecule has 7 nitrogen and oxygen atoms in total. The van der Waals surface area contributed by atoms with E-state index >= 15 is 0 Å². The minimum atomic E-state index is -0.564. The van der Waals surface area contributed by atoms with Crippen molar-refractivity contribution in [2.75, 3.05) is 24.9 Å². The number of methoxy groups -OCH3 is 2. The summed E-state index contributed by atoms with van der Waals surface area (Å²) in [6.07, 6.45) is 0. The van der Waals surface area contributed by atoms with Crippen molar-refractivity contribution < 1.29 is 19.1 Å². The van der Waals surface area contributed by atoms with Gasteiger partial charge in [0.25, 0.3) is 5.91 Å². The van der Waals surface area contributed by atoms with Gasteiger partial charge in [-0.1, -0.05) is 60.1 Å². The van der Waals surface area contributed by atoms with E-state index in [-0.39, 0.29) is 11.8 Å². The summed E-state index contributed by atoms with van der Waals surface area (Å²) in [5.41, 5.74) is 3.54. The van der Waals surface area contributed by atoms with Gasteiger partial charge in [-0.2, -0.15) is 0 Å². The van der Waals surface area contributed by atoms with Gasteiger partial charge in [0.1, 0.15) is 5.25 Å². The molecule has 0 saturated carbocycles. The summed E-state index contributed by atoms with van der Waals surface area (Å²) < 4.78 is 10.6. The van der Waals surface area contributed by atoms with Crippen LogP contribution in [0.5, 0.6) is 11.5 Å². The summed E-state index contributed by atoms with van der Waals surface area (Å²) >= 11 is 8.75. The van der Waals surface area contributed by atoms with Gasteiger partial charge in [0.05, 0.1) is 19.9 Å². The number of thioether (sulfide) groups is 1. The highest BCUT2D eigenvalue weighted by molar-refractivity contribution is 8.00. The average Bonchev–Trinajstić information content (AvgIpc) is 3.48. The molecule has 5 rings (SSSR count). The molecule has 0 bridgehead atoms. The second kappa shape index (κ2) is 13.6. The maximum absolute atomic E-state index is 13.6. The molecule has 0 aliphatic rings. The van der Waals surface area contributed by atoms with E-state index in [2.05, 4.69) is 15.6 Å². The number of anilines is 2. The molecule has 0 radical (unpaired) electrons. The lowest BCUT2D eigenvalue weighted by Gasteiger charge is -2.17. The third-order valence-electron chi connectivity index (χ3n) is 6.21. The first-order chi connectivity index (χ1) is 20.4. The number of hydrogen-bond donors (Lipinski definition) is 2. The van der Waals surface area contributed by atoms with E-state index in [4.69, 9.17) is 21.1 Å². The number of carbonyl (C=O) groups is 2. The fourth-order valence-electron chi connectivity index (χ4n) is 4.12. The van der Waals surface area contributed by atoms with Crippen LogP contribution in [0.25, 0.3) is 11.3 Å². The number of amides is 2. The molecule has 212 valence electrons. The fourth-order valence-corrected chi connectivity index (χ4v) is 6.05. The zero-order valence-electron chi connectivity index (χ0n) is 22.7. The van der Waals surface area contributed by atoms with Crippen LogP contribution in [0, 0.1) is 0 Å². The molecule has 1 atom stereocenters. The molecule has 2 N–H and O–H groups in total. The van der Waals surface area contributed by atoms with E-state index in [9.17, 15) is 9.59 Å². The standard InChI is InChI=1S/C32H26ClN3O4S2/c1-39-27-16-13-22(17-28(27)40-2)30(37)34-24-9-6-10-25(18-24)42-29(21-7-4-3-5-8-21)31(38)36-32-35-26(19-41-32)20-11-14-23(33)15-12-20/h3-19,29H,1-2H3,(H,34,37)(H,35,36,38). The van der Waals surface area contributed by atoms with Crippen LogP contribution in [-0.4, -0.2) is 31.0 Å². The third-order valence-corrected chi connectivity index (χ3v) is 8.46. The van der Waals surface area contributed by atoms with E-state index in [1.165, 1.54) is 30.2 Å². The van der Waals surface area contributed by atoms with Gasteiger partial charge < -0.3 is 20.1 Å². The van der Waals surface area contributed by atoms with Gasteiger partial charge in [-0.05, 0) is 54.1 Å². The zero-order chi connectivity index (χ0) is 29.5. The quantitative estimate of drug-likeness (QED) is 0.154. The van der Waals surface area contributed by atoms with E-state index in [1.807, 2.05) is 66.0 Å². The minimum Gasteiger partial charge on any atom is -0.493 e. The van der Waals surface area contributed by atoms with Crippen LogP contribution >= 0.6 is 34.7 Å². The van der Waals surface area contributed by atoms with Crippen molar-refractivity contribution in [2.45, 2.75) is 10.1 Å². The molecule has 4 aromatic carbocycles. The number of hydrogen-bond acceptors (Lipinski definition) is 7. The predicted octanol–water partition coefficient (Wildman–Crippen LogP) is 8.21. The largest absolute Gasteiger partial charge is 0.493 e. The Morgan fingerprint density at radius 3 is 2.36 bits per heavy atom. The van der Waals surface area contributed by atoms with Gasteiger partial charge in [-0.15, -0.1) is 23.1 Å². The van der Waals surface area contributed by atoms with Crippen molar-refractivity contribution in [3.63, 3.8) is 0 Å². The normalized spacial score (nSPS) is 11.4. The van der Waals surface area contributed by atoms with Gasteiger partial charge in [0.15, 0.2) is 16.6 Å². The van der Waals surface area contributed by atoms with Gasteiger partial charge in [0, 0.05) is 32.1 Å². The molecule has 42 heavy (non-hydrogen) atoms. The van der Waals surface area contributed by atoms with Crippen molar-refractivity contribution in [1.82, 2.24) is 4.98 Å². The summed E-state index contributed by atoms with van der Waals surface area (Å²) in [5, 5.41) is 8.39. The average molecular weight is 616 g/mol. The van der Waals surface area contributed by atoms with E-state index in [1.54, 1.807) is 43.5 Å². The lowest BCUT2D eigenvalue weighted by molar-refractivity contribution is -0.115. The lowest BCUT2D eigenvalue weighted by Crippen LogP contribution is -2.19. The molecule has 10 heteroatoms. The molecule has 0 fully saturated rings. The van der Waals surface area contributed by atoms with Crippen LogP contribution in [0.15, 0.2) is 107 Å². The molecule has 5 aromatic rings. The number of nitrogens with zero attached hydrogens (tertiary/aromatic N) is 1. The number of aromatic nitrogens is 1. The molecule has 1 heterocycles. The molecular formula is C32H26ClN3O4S2. The number of nitrogens with one attached hydrogen (secondary N) is 2. The Kier molecular flexibility index (Phi) is 9.43. The van der Waals surface area contributed by atoms with Gasteiger partial charge >= 0.3 is 0 Å². The number of halogens is 1. The maximum Gasteiger partial charge on any atom is 0.255 e. The summed E-state index contributed by atoms with van der Waals surface area (Å²) in [7, 11) is 3.06. The van der Waals surface area contributed by atoms with Gasteiger partial charge in [-0.25, -0.2) is 4.98 Å². The number of benzene rings is 4. The Morgan fingerprint density at radius 2 is 1.62 bits per heavy atom. The first-order valence-electron chi connectivity index (χ1n) is 12.8. The minimum absolute atomic E-state index is 0.206. The predicted molar refractivity (Wildman–Crippen MR) is 170 cm³/mol. The SMILES string of the molecule is COc1ccc(C(=O)Nc2cccc(SC(C(=O)Nc3nc(-c4ccc(Cl)cc4)cs3)c3ccccc3)c2)cc1OC. The molecule has 2 amide bonds. The Hall–Kier alpha value is -4.31. The maximum atomic E-state index is 13.6. The second-order valence-electron chi connectivity index (χ2n) is 8.99. The Morgan fingerprint density at radius 1 is 0.857 bits per heavy atom. The molecule has 0 aliphatic carbocycles. The van der Waals surface area contributed by atoms with Crippen LogP contribution in [-0.2, 0) is 4.79 Å². The van der Waals surface area contributed by atoms with Crippen molar-refractivity contribution in [1.29, 1.82) is 0 Å². The Labute approximate surface area is 256 Å². The highest BCUT2D eigenvalue weighted by Crippen LogP contribution is 2.38. The summed E-state index contributed by atoms with van der Waals surface area (Å²) in [4.78, 5) is 32.0. The third kappa shape index (κ3) is 7.12. The number of carbonyl (C=O) groups excluding carboxylic acids is 2. The summed E-state index contributed by atoms with van der Waals surface area (Å²) in [6, 6.07) is 29.3. The molecule has 0 saturated heterocycles. The van der Waals surface area contributed by atoms with Crippen molar-refractivity contribution in [2.24, 2.45) is 0 Å². The molecule has 1 unspecified atom stereocenters. The number of rotatable bonds is 10. The molecule has 1 aromatic heterocycles. The zero-order valence-corrected chi connectivity index (χ0v) is 25.1. The van der Waals surface area contributed by atoms with Crippen LogP contribution in [0.1, 0.15) is 21.2 Å². The van der Waals surface area contributed by atoms with Crippen molar-refractivity contribution in [3.8, 4) is 22.8 Å². The summed E-state index contributed by atoms with van der Waals surface area (Å²) in [5.74, 6) is 0.502. The topological polar surface area (TPSA) is 89.5 Å². The lowest BCUT2D eigenvalue weighted by atomic mass is 10.1. The highest BCUT2D eigenvalue weighted by atomic mass is 35.5. The van der Waals surface area contributed by atoms with Crippen molar-refractivity contribution in [3.05, 3.63) is 119 Å². The van der Waals surface area contributed by atoms with Gasteiger partial charge in [-0.3, -0.25) is 9.59 Å². The van der Waals surface area contributed by atoms with Crippen LogP contribution in [0.2, 0.25) is 5.02 Å². The first kappa shape index (κ1) is 29.2. The van der Waals surface area contributed by atoms with Crippen LogP contribution in [0.3, 0.4) is 0 Å². The Bertz CT molecular complexity index is 1690. The monoisotopic (exact) mass is 615 g/mol. The Balaban J connectivity index is 1.32. The summed E-state index contributed by atoms with van der Waals surface area (Å²) in [6.45, 7) is 0. The molecular weight excluding hydrogens is 590 g/mol. The highest BCUT2D eigenvalue weighted by Gasteiger charge is 2.23. The number of ether oxygens (including phenoxy) is 2.